The largest absolute Gasteiger partial charge is 0.490 e. The Labute approximate surface area is 183 Å². The SMILES string of the molecule is CCOc1ccc(/C=C2\SC(=O)N(CC(=O)Nc3ccc(F)cc3)C2=O)cc1OCC. The number of hydrogen-bond donors (Lipinski definition) is 1. The first-order valence-corrected chi connectivity index (χ1v) is 10.4. The van der Waals surface area contributed by atoms with Crippen LogP contribution < -0.4 is 14.8 Å². The average molecular weight is 444 g/mol. The van der Waals surface area contributed by atoms with Crippen LogP contribution in [0.2, 0.25) is 0 Å². The van der Waals surface area contributed by atoms with Gasteiger partial charge in [0.25, 0.3) is 11.1 Å². The van der Waals surface area contributed by atoms with Gasteiger partial charge in [-0.15, -0.1) is 0 Å². The maximum atomic E-state index is 13.0. The number of carbonyl (C=O) groups is 3. The number of imide groups is 1. The second kappa shape index (κ2) is 10.1. The second-order valence-electron chi connectivity index (χ2n) is 6.40. The number of nitrogens with zero attached hydrogens (tertiary/aromatic N) is 1. The number of anilines is 1. The first-order valence-electron chi connectivity index (χ1n) is 9.61. The Kier molecular flexibility index (Phi) is 7.30. The fraction of sp³-hybridized carbons (Fsp3) is 0.227. The Morgan fingerprint density at radius 2 is 1.74 bits per heavy atom. The van der Waals surface area contributed by atoms with Crippen molar-refractivity contribution in [2.45, 2.75) is 13.8 Å². The van der Waals surface area contributed by atoms with E-state index in [1.807, 2.05) is 13.8 Å². The lowest BCUT2D eigenvalue weighted by Crippen LogP contribution is -2.36. The monoisotopic (exact) mass is 444 g/mol. The van der Waals surface area contributed by atoms with Gasteiger partial charge in [0.15, 0.2) is 11.5 Å². The number of amides is 3. The molecule has 0 aliphatic carbocycles. The van der Waals surface area contributed by atoms with Crippen LogP contribution in [-0.4, -0.2) is 41.7 Å². The number of rotatable bonds is 8. The number of ether oxygens (including phenoxy) is 2. The molecule has 162 valence electrons. The van der Waals surface area contributed by atoms with Crippen LogP contribution in [0.3, 0.4) is 0 Å². The molecular weight excluding hydrogens is 423 g/mol. The van der Waals surface area contributed by atoms with E-state index < -0.39 is 29.4 Å². The highest BCUT2D eigenvalue weighted by atomic mass is 32.2. The van der Waals surface area contributed by atoms with Crippen molar-refractivity contribution >= 4 is 40.6 Å². The highest BCUT2D eigenvalue weighted by Gasteiger charge is 2.36. The molecule has 7 nitrogen and oxygen atoms in total. The van der Waals surface area contributed by atoms with E-state index >= 15 is 0 Å². The van der Waals surface area contributed by atoms with Crippen LogP contribution >= 0.6 is 11.8 Å². The predicted molar refractivity (Wildman–Crippen MR) is 116 cm³/mol. The number of thioether (sulfide) groups is 1. The van der Waals surface area contributed by atoms with Crippen LogP contribution in [0.4, 0.5) is 14.9 Å². The molecule has 0 bridgehead atoms. The van der Waals surface area contributed by atoms with Gasteiger partial charge < -0.3 is 14.8 Å². The Morgan fingerprint density at radius 3 is 2.42 bits per heavy atom. The van der Waals surface area contributed by atoms with E-state index in [1.54, 1.807) is 24.3 Å². The van der Waals surface area contributed by atoms with Crippen molar-refractivity contribution in [2.24, 2.45) is 0 Å². The Balaban J connectivity index is 1.71. The van der Waals surface area contributed by atoms with Crippen molar-refractivity contribution in [2.75, 3.05) is 25.1 Å². The van der Waals surface area contributed by atoms with Gasteiger partial charge in [-0.05, 0) is 73.6 Å². The molecule has 1 N–H and O–H groups in total. The first kappa shape index (κ1) is 22.4. The standard InChI is InChI=1S/C22H21FN2O5S/c1-3-29-17-10-5-14(11-18(17)30-4-2)12-19-21(27)25(22(28)31-19)13-20(26)24-16-8-6-15(23)7-9-16/h5-12H,3-4,13H2,1-2H3,(H,24,26)/b19-12-. The van der Waals surface area contributed by atoms with E-state index in [1.165, 1.54) is 24.3 Å². The smallest absolute Gasteiger partial charge is 0.294 e. The normalized spacial score (nSPS) is 14.8. The molecule has 1 saturated heterocycles. The third-order valence-electron chi connectivity index (χ3n) is 4.17. The van der Waals surface area contributed by atoms with E-state index in [9.17, 15) is 18.8 Å². The van der Waals surface area contributed by atoms with E-state index in [-0.39, 0.29) is 4.91 Å². The molecule has 0 atom stereocenters. The van der Waals surface area contributed by atoms with Crippen LogP contribution in [0.1, 0.15) is 19.4 Å². The summed E-state index contributed by atoms with van der Waals surface area (Å²) in [5.41, 5.74) is 1.03. The zero-order valence-electron chi connectivity index (χ0n) is 17.0. The zero-order chi connectivity index (χ0) is 22.4. The summed E-state index contributed by atoms with van der Waals surface area (Å²) in [5.74, 6) is -0.426. The Bertz CT molecular complexity index is 1020. The minimum absolute atomic E-state index is 0.200. The highest BCUT2D eigenvalue weighted by molar-refractivity contribution is 8.18. The van der Waals surface area contributed by atoms with Gasteiger partial charge in [-0.2, -0.15) is 0 Å². The number of benzene rings is 2. The van der Waals surface area contributed by atoms with Gasteiger partial charge in [-0.1, -0.05) is 6.07 Å². The van der Waals surface area contributed by atoms with Gasteiger partial charge in [0.1, 0.15) is 12.4 Å². The van der Waals surface area contributed by atoms with E-state index in [2.05, 4.69) is 5.32 Å². The van der Waals surface area contributed by atoms with Gasteiger partial charge in [0, 0.05) is 5.69 Å². The molecule has 2 aromatic carbocycles. The van der Waals surface area contributed by atoms with Crippen LogP contribution in [0.25, 0.3) is 6.08 Å². The molecule has 0 unspecified atom stereocenters. The van der Waals surface area contributed by atoms with E-state index in [4.69, 9.17) is 9.47 Å². The molecular formula is C22H21FN2O5S. The summed E-state index contributed by atoms with van der Waals surface area (Å²) in [5, 5.41) is 1.99. The molecule has 1 heterocycles. The quantitative estimate of drug-likeness (QED) is 0.611. The number of hydrogen-bond acceptors (Lipinski definition) is 6. The van der Waals surface area contributed by atoms with Gasteiger partial charge in [-0.3, -0.25) is 19.3 Å². The van der Waals surface area contributed by atoms with Crippen LogP contribution in [0, 0.1) is 5.82 Å². The molecule has 3 amide bonds. The molecule has 3 rings (SSSR count). The molecule has 9 heteroatoms. The van der Waals surface area contributed by atoms with Crippen molar-refractivity contribution < 1.29 is 28.2 Å². The third kappa shape index (κ3) is 5.64. The Morgan fingerprint density at radius 1 is 1.06 bits per heavy atom. The molecule has 0 saturated carbocycles. The summed E-state index contributed by atoms with van der Waals surface area (Å²) in [7, 11) is 0. The summed E-state index contributed by atoms with van der Waals surface area (Å²) in [6.07, 6.45) is 1.57. The van der Waals surface area contributed by atoms with Gasteiger partial charge in [0.05, 0.1) is 18.1 Å². The molecule has 2 aromatic rings. The summed E-state index contributed by atoms with van der Waals surface area (Å²) in [6.45, 7) is 4.21. The van der Waals surface area contributed by atoms with Gasteiger partial charge in [-0.25, -0.2) is 4.39 Å². The summed E-state index contributed by atoms with van der Waals surface area (Å²) >= 11 is 0.757. The fourth-order valence-electron chi connectivity index (χ4n) is 2.82. The Hall–Kier alpha value is -3.33. The minimum Gasteiger partial charge on any atom is -0.490 e. The highest BCUT2D eigenvalue weighted by Crippen LogP contribution is 2.34. The first-order chi connectivity index (χ1) is 14.9. The molecule has 1 aliphatic heterocycles. The number of nitrogens with one attached hydrogen (secondary N) is 1. The maximum Gasteiger partial charge on any atom is 0.294 e. The topological polar surface area (TPSA) is 84.9 Å². The second-order valence-corrected chi connectivity index (χ2v) is 7.39. The molecule has 0 spiro atoms. The lowest BCUT2D eigenvalue weighted by molar-refractivity contribution is -0.127. The number of carbonyl (C=O) groups excluding carboxylic acids is 3. The third-order valence-corrected chi connectivity index (χ3v) is 5.08. The van der Waals surface area contributed by atoms with Crippen molar-refractivity contribution in [3.8, 4) is 11.5 Å². The fourth-order valence-corrected chi connectivity index (χ4v) is 3.66. The molecule has 0 aromatic heterocycles. The van der Waals surface area contributed by atoms with Crippen molar-refractivity contribution in [3.05, 3.63) is 58.8 Å². The molecule has 0 radical (unpaired) electrons. The van der Waals surface area contributed by atoms with Crippen LogP contribution in [0.5, 0.6) is 11.5 Å². The number of halogens is 1. The minimum atomic E-state index is -0.560. The molecule has 31 heavy (non-hydrogen) atoms. The van der Waals surface area contributed by atoms with Crippen LogP contribution in [-0.2, 0) is 9.59 Å². The lowest BCUT2D eigenvalue weighted by Gasteiger charge is -2.12. The van der Waals surface area contributed by atoms with Crippen molar-refractivity contribution in [1.29, 1.82) is 0 Å². The van der Waals surface area contributed by atoms with E-state index in [0.29, 0.717) is 36.0 Å². The van der Waals surface area contributed by atoms with E-state index in [0.717, 1.165) is 16.7 Å². The maximum absolute atomic E-state index is 13.0. The van der Waals surface area contributed by atoms with Gasteiger partial charge >= 0.3 is 0 Å². The van der Waals surface area contributed by atoms with Crippen LogP contribution in [0.15, 0.2) is 47.4 Å². The summed E-state index contributed by atoms with van der Waals surface area (Å²) in [4.78, 5) is 38.2. The molecule has 1 fully saturated rings. The molecule has 1 aliphatic rings. The van der Waals surface area contributed by atoms with Crippen molar-refractivity contribution in [3.63, 3.8) is 0 Å². The summed E-state index contributed by atoms with van der Waals surface area (Å²) in [6, 6.07) is 10.4. The average Bonchev–Trinajstić information content (AvgIpc) is 2.99. The summed E-state index contributed by atoms with van der Waals surface area (Å²) < 4.78 is 24.1. The predicted octanol–water partition coefficient (Wildman–Crippen LogP) is 4.30. The zero-order valence-corrected chi connectivity index (χ0v) is 17.8. The lowest BCUT2D eigenvalue weighted by atomic mass is 10.2. The van der Waals surface area contributed by atoms with Crippen molar-refractivity contribution in [1.82, 2.24) is 4.90 Å². The van der Waals surface area contributed by atoms with Gasteiger partial charge in [0.2, 0.25) is 5.91 Å².